The van der Waals surface area contributed by atoms with Crippen LogP contribution in [0.1, 0.15) is 22.4 Å². The van der Waals surface area contributed by atoms with Crippen molar-refractivity contribution in [1.29, 1.82) is 0 Å². The second-order valence-corrected chi connectivity index (χ2v) is 2.76. The lowest BCUT2D eigenvalue weighted by atomic mass is 10.1. The van der Waals surface area contributed by atoms with E-state index < -0.39 is 18.2 Å². The molecular weight excluding hydrogens is 190 g/mol. The molecule has 0 amide bonds. The van der Waals surface area contributed by atoms with Crippen LogP contribution >= 0.6 is 0 Å². The first kappa shape index (κ1) is 10.7. The fourth-order valence-electron chi connectivity index (χ4n) is 0.945. The van der Waals surface area contributed by atoms with E-state index in [9.17, 15) is 9.90 Å². The number of aromatic carboxylic acids is 1. The normalized spacial score (nSPS) is 15.1. The maximum Gasteiger partial charge on any atom is 0.371 e. The van der Waals surface area contributed by atoms with Crippen molar-refractivity contribution in [2.45, 2.75) is 12.2 Å². The molecule has 0 spiro atoms. The molecule has 0 bridgehead atoms. The van der Waals surface area contributed by atoms with Crippen LogP contribution in [0.4, 0.5) is 0 Å². The molecule has 5 N–H and O–H groups in total. The zero-order valence-corrected chi connectivity index (χ0v) is 7.25. The van der Waals surface area contributed by atoms with Crippen molar-refractivity contribution in [2.24, 2.45) is 5.73 Å². The Hall–Kier alpha value is -1.37. The summed E-state index contributed by atoms with van der Waals surface area (Å²) in [6.07, 6.45) is -2.46. The van der Waals surface area contributed by atoms with Gasteiger partial charge in [-0.2, -0.15) is 0 Å². The average Bonchev–Trinajstić information content (AvgIpc) is 2.64. The molecule has 0 aromatic carbocycles. The van der Waals surface area contributed by atoms with Gasteiger partial charge in [0.1, 0.15) is 11.9 Å². The van der Waals surface area contributed by atoms with Gasteiger partial charge in [-0.1, -0.05) is 0 Å². The van der Waals surface area contributed by atoms with Gasteiger partial charge in [0.25, 0.3) is 0 Å². The Bertz CT molecular complexity index is 321. The van der Waals surface area contributed by atoms with Crippen molar-refractivity contribution >= 4 is 5.97 Å². The smallest absolute Gasteiger partial charge is 0.371 e. The fourth-order valence-corrected chi connectivity index (χ4v) is 0.945. The van der Waals surface area contributed by atoms with Gasteiger partial charge in [-0.15, -0.1) is 0 Å². The van der Waals surface area contributed by atoms with Gasteiger partial charge in [0, 0.05) is 6.54 Å². The summed E-state index contributed by atoms with van der Waals surface area (Å²) in [7, 11) is 0. The lowest BCUT2D eigenvalue weighted by Gasteiger charge is -2.12. The van der Waals surface area contributed by atoms with E-state index >= 15 is 0 Å². The molecule has 0 aliphatic rings. The second-order valence-electron chi connectivity index (χ2n) is 2.76. The Balaban J connectivity index is 2.81. The summed E-state index contributed by atoms with van der Waals surface area (Å²) >= 11 is 0. The van der Waals surface area contributed by atoms with Crippen LogP contribution in [-0.4, -0.2) is 33.9 Å². The van der Waals surface area contributed by atoms with E-state index in [0.717, 1.165) is 0 Å². The summed E-state index contributed by atoms with van der Waals surface area (Å²) < 4.78 is 4.76. The number of hydrogen-bond donors (Lipinski definition) is 4. The first-order valence-electron chi connectivity index (χ1n) is 3.95. The highest BCUT2D eigenvalue weighted by molar-refractivity contribution is 5.84. The number of carboxylic acid groups (broad SMARTS) is 1. The maximum absolute atomic E-state index is 10.4. The first-order chi connectivity index (χ1) is 6.56. The van der Waals surface area contributed by atoms with E-state index in [1.807, 2.05) is 0 Å². The largest absolute Gasteiger partial charge is 0.475 e. The quantitative estimate of drug-likeness (QED) is 0.513. The molecule has 1 aromatic heterocycles. The lowest BCUT2D eigenvalue weighted by molar-refractivity contribution is 0.0100. The third kappa shape index (κ3) is 2.11. The molecule has 0 saturated heterocycles. The van der Waals surface area contributed by atoms with Gasteiger partial charge in [0.15, 0.2) is 0 Å². The number of aliphatic hydroxyl groups excluding tert-OH is 2. The monoisotopic (exact) mass is 201 g/mol. The van der Waals surface area contributed by atoms with Gasteiger partial charge in [0.2, 0.25) is 5.76 Å². The third-order valence-corrected chi connectivity index (χ3v) is 1.74. The van der Waals surface area contributed by atoms with Gasteiger partial charge in [-0.05, 0) is 12.1 Å². The number of nitrogens with two attached hydrogens (primary N) is 1. The molecule has 6 heteroatoms. The Morgan fingerprint density at radius 1 is 1.50 bits per heavy atom. The first-order valence-corrected chi connectivity index (χ1v) is 3.95. The molecule has 6 nitrogen and oxygen atoms in total. The molecule has 2 unspecified atom stereocenters. The highest BCUT2D eigenvalue weighted by Gasteiger charge is 2.21. The highest BCUT2D eigenvalue weighted by atomic mass is 16.4. The number of furan rings is 1. The maximum atomic E-state index is 10.4. The van der Waals surface area contributed by atoms with Crippen LogP contribution in [-0.2, 0) is 0 Å². The summed E-state index contributed by atoms with van der Waals surface area (Å²) in [6.45, 7) is -0.135. The van der Waals surface area contributed by atoms with Gasteiger partial charge in [-0.3, -0.25) is 0 Å². The molecule has 0 aliphatic heterocycles. The van der Waals surface area contributed by atoms with E-state index in [-0.39, 0.29) is 18.1 Å². The summed E-state index contributed by atoms with van der Waals surface area (Å²) in [4.78, 5) is 10.4. The molecule has 78 valence electrons. The standard InChI is InChI=1S/C8H11NO5/c9-3-4(10)7(11)5-1-2-6(14-5)8(12)13/h1-2,4,7,10-11H,3,9H2,(H,12,13). The zero-order valence-electron chi connectivity index (χ0n) is 7.25. The summed E-state index contributed by atoms with van der Waals surface area (Å²) in [5, 5.41) is 27.0. The topological polar surface area (TPSA) is 117 Å². The molecule has 1 rings (SSSR count). The van der Waals surface area contributed by atoms with Crippen molar-refractivity contribution in [1.82, 2.24) is 0 Å². The van der Waals surface area contributed by atoms with Gasteiger partial charge >= 0.3 is 5.97 Å². The van der Waals surface area contributed by atoms with Crippen LogP contribution in [0.15, 0.2) is 16.5 Å². The predicted molar refractivity (Wildman–Crippen MR) is 45.7 cm³/mol. The summed E-state index contributed by atoms with van der Waals surface area (Å²) in [5.74, 6) is -1.53. The van der Waals surface area contributed by atoms with Gasteiger partial charge < -0.3 is 25.5 Å². The average molecular weight is 201 g/mol. The van der Waals surface area contributed by atoms with Crippen molar-refractivity contribution < 1.29 is 24.5 Å². The lowest BCUT2D eigenvalue weighted by Crippen LogP contribution is -2.26. The number of carboxylic acids is 1. The molecule has 0 radical (unpaired) electrons. The third-order valence-electron chi connectivity index (χ3n) is 1.74. The van der Waals surface area contributed by atoms with Gasteiger partial charge in [0.05, 0.1) is 6.10 Å². The Morgan fingerprint density at radius 2 is 2.14 bits per heavy atom. The predicted octanol–water partition coefficient (Wildman–Crippen LogP) is -0.669. The molecular formula is C8H11NO5. The second kappa shape index (κ2) is 4.23. The van der Waals surface area contributed by atoms with Crippen molar-refractivity contribution in [3.8, 4) is 0 Å². The summed E-state index contributed by atoms with van der Waals surface area (Å²) in [5.41, 5.74) is 5.11. The van der Waals surface area contributed by atoms with E-state index in [1.165, 1.54) is 12.1 Å². The molecule has 1 heterocycles. The van der Waals surface area contributed by atoms with E-state index in [4.69, 9.17) is 20.4 Å². The van der Waals surface area contributed by atoms with E-state index in [2.05, 4.69) is 0 Å². The van der Waals surface area contributed by atoms with E-state index in [0.29, 0.717) is 0 Å². The van der Waals surface area contributed by atoms with Crippen LogP contribution < -0.4 is 5.73 Å². The van der Waals surface area contributed by atoms with Crippen LogP contribution in [0.5, 0.6) is 0 Å². The summed E-state index contributed by atoms with van der Waals surface area (Å²) in [6, 6.07) is 2.48. The number of rotatable bonds is 4. The molecule has 0 aliphatic carbocycles. The van der Waals surface area contributed by atoms with Gasteiger partial charge in [-0.25, -0.2) is 4.79 Å². The minimum atomic E-state index is -1.30. The molecule has 1 aromatic rings. The Morgan fingerprint density at radius 3 is 2.57 bits per heavy atom. The van der Waals surface area contributed by atoms with E-state index in [1.54, 1.807) is 0 Å². The van der Waals surface area contributed by atoms with Crippen LogP contribution in [0, 0.1) is 0 Å². The molecule has 2 atom stereocenters. The highest BCUT2D eigenvalue weighted by Crippen LogP contribution is 2.19. The zero-order chi connectivity index (χ0) is 10.7. The van der Waals surface area contributed by atoms with Crippen molar-refractivity contribution in [3.05, 3.63) is 23.7 Å². The van der Waals surface area contributed by atoms with Crippen molar-refractivity contribution in [2.75, 3.05) is 6.54 Å². The molecule has 0 fully saturated rings. The Kier molecular flexibility index (Phi) is 3.23. The van der Waals surface area contributed by atoms with Crippen molar-refractivity contribution in [3.63, 3.8) is 0 Å². The van der Waals surface area contributed by atoms with Crippen LogP contribution in [0.2, 0.25) is 0 Å². The Labute approximate surface area is 79.6 Å². The molecule has 0 saturated carbocycles. The SMILES string of the molecule is NCC(O)C(O)c1ccc(C(=O)O)o1. The number of carbonyl (C=O) groups is 1. The minimum Gasteiger partial charge on any atom is -0.475 e. The minimum absolute atomic E-state index is 0.0136. The number of aliphatic hydroxyl groups is 2. The fraction of sp³-hybridized carbons (Fsp3) is 0.375. The number of hydrogen-bond acceptors (Lipinski definition) is 5. The molecule has 14 heavy (non-hydrogen) atoms. The van der Waals surface area contributed by atoms with Crippen LogP contribution in [0.3, 0.4) is 0 Å². The van der Waals surface area contributed by atoms with Crippen LogP contribution in [0.25, 0.3) is 0 Å².